The molecule has 0 aromatic heterocycles. The number of methoxy groups -OCH3 is 1. The molecule has 0 spiro atoms. The molecule has 1 fully saturated rings. The van der Waals surface area contributed by atoms with E-state index in [-0.39, 0.29) is 18.3 Å². The van der Waals surface area contributed by atoms with Crippen molar-refractivity contribution in [3.05, 3.63) is 29.8 Å². The largest absolute Gasteiger partial charge is 0.491 e. The van der Waals surface area contributed by atoms with Crippen LogP contribution in [0.2, 0.25) is 0 Å². The van der Waals surface area contributed by atoms with Gasteiger partial charge in [-0.3, -0.25) is 4.79 Å². The fourth-order valence-corrected chi connectivity index (χ4v) is 2.19. The summed E-state index contributed by atoms with van der Waals surface area (Å²) in [5, 5.41) is 6.31. The van der Waals surface area contributed by atoms with Crippen molar-refractivity contribution in [1.82, 2.24) is 10.6 Å². The number of hydrogen-bond acceptors (Lipinski definition) is 4. The molecule has 1 aromatic rings. The smallest absolute Gasteiger partial charge is 0.251 e. The molecule has 0 aliphatic carbocycles. The molecule has 5 nitrogen and oxygen atoms in total. The minimum atomic E-state index is -0.0397. The molecule has 1 atom stereocenters. The van der Waals surface area contributed by atoms with Crippen LogP contribution in [-0.2, 0) is 4.74 Å². The number of benzene rings is 1. The molecule has 0 radical (unpaired) electrons. The second-order valence-electron chi connectivity index (χ2n) is 4.87. The van der Waals surface area contributed by atoms with Gasteiger partial charge in [-0.25, -0.2) is 0 Å². The fraction of sp³-hybridized carbons (Fsp3) is 0.533. The van der Waals surface area contributed by atoms with Crippen molar-refractivity contribution >= 4 is 18.3 Å². The first-order chi connectivity index (χ1) is 9.79. The van der Waals surface area contributed by atoms with E-state index in [1.54, 1.807) is 31.4 Å². The van der Waals surface area contributed by atoms with Crippen LogP contribution in [0.4, 0.5) is 0 Å². The molecule has 1 amide bonds. The SMILES string of the molecule is COCCOc1ccc(C(=O)NCC2CCCN2)cc1.Cl. The first-order valence-electron chi connectivity index (χ1n) is 7.03. The lowest BCUT2D eigenvalue weighted by molar-refractivity contribution is 0.0950. The molecule has 1 heterocycles. The number of ether oxygens (including phenoxy) is 2. The van der Waals surface area contributed by atoms with Gasteiger partial charge in [0.05, 0.1) is 6.61 Å². The van der Waals surface area contributed by atoms with Crippen molar-refractivity contribution in [2.75, 3.05) is 33.4 Å². The van der Waals surface area contributed by atoms with E-state index in [0.29, 0.717) is 31.4 Å². The van der Waals surface area contributed by atoms with Gasteiger partial charge in [0.15, 0.2) is 0 Å². The minimum Gasteiger partial charge on any atom is -0.491 e. The Kier molecular flexibility index (Phi) is 8.12. The van der Waals surface area contributed by atoms with Gasteiger partial charge in [-0.1, -0.05) is 0 Å². The molecule has 0 saturated carbocycles. The highest BCUT2D eigenvalue weighted by Crippen LogP contribution is 2.12. The van der Waals surface area contributed by atoms with E-state index >= 15 is 0 Å². The summed E-state index contributed by atoms with van der Waals surface area (Å²) in [6, 6.07) is 7.58. The van der Waals surface area contributed by atoms with E-state index in [9.17, 15) is 4.79 Å². The van der Waals surface area contributed by atoms with Crippen LogP contribution in [0, 0.1) is 0 Å². The average molecular weight is 315 g/mol. The van der Waals surface area contributed by atoms with Gasteiger partial charge in [-0.15, -0.1) is 12.4 Å². The minimum absolute atomic E-state index is 0. The highest BCUT2D eigenvalue weighted by Gasteiger charge is 2.15. The molecule has 1 saturated heterocycles. The predicted molar refractivity (Wildman–Crippen MR) is 84.4 cm³/mol. The van der Waals surface area contributed by atoms with Crippen molar-refractivity contribution in [3.63, 3.8) is 0 Å². The number of nitrogens with one attached hydrogen (secondary N) is 2. The van der Waals surface area contributed by atoms with Gasteiger partial charge in [0.1, 0.15) is 12.4 Å². The van der Waals surface area contributed by atoms with E-state index in [2.05, 4.69) is 10.6 Å². The number of halogens is 1. The summed E-state index contributed by atoms with van der Waals surface area (Å²) in [4.78, 5) is 12.0. The number of carbonyl (C=O) groups is 1. The molecule has 2 N–H and O–H groups in total. The lowest BCUT2D eigenvalue weighted by Gasteiger charge is -2.11. The number of carbonyl (C=O) groups excluding carboxylic acids is 1. The molecule has 118 valence electrons. The second-order valence-corrected chi connectivity index (χ2v) is 4.87. The molecule has 6 heteroatoms. The summed E-state index contributed by atoms with van der Waals surface area (Å²) in [6.45, 7) is 2.80. The second kappa shape index (κ2) is 9.60. The van der Waals surface area contributed by atoms with Gasteiger partial charge < -0.3 is 20.1 Å². The number of amides is 1. The standard InChI is InChI=1S/C15H22N2O3.ClH/c1-19-9-10-20-14-6-4-12(5-7-14)15(18)17-11-13-3-2-8-16-13;/h4-7,13,16H,2-3,8-11H2,1H3,(H,17,18);1H. The highest BCUT2D eigenvalue weighted by atomic mass is 35.5. The van der Waals surface area contributed by atoms with Crippen LogP contribution in [0.3, 0.4) is 0 Å². The van der Waals surface area contributed by atoms with Crippen molar-refractivity contribution < 1.29 is 14.3 Å². The zero-order valence-corrected chi connectivity index (χ0v) is 13.1. The topological polar surface area (TPSA) is 59.6 Å². The maximum Gasteiger partial charge on any atom is 0.251 e. The van der Waals surface area contributed by atoms with Crippen LogP contribution in [0.5, 0.6) is 5.75 Å². The average Bonchev–Trinajstić information content (AvgIpc) is 2.99. The zero-order chi connectivity index (χ0) is 14.2. The number of hydrogen-bond donors (Lipinski definition) is 2. The molecule has 1 aliphatic heterocycles. The Morgan fingerprint density at radius 3 is 2.71 bits per heavy atom. The van der Waals surface area contributed by atoms with Crippen LogP contribution in [0.25, 0.3) is 0 Å². The molecule has 1 aromatic carbocycles. The predicted octanol–water partition coefficient (Wildman–Crippen LogP) is 1.62. The van der Waals surface area contributed by atoms with Crippen molar-refractivity contribution in [3.8, 4) is 5.75 Å². The Labute approximate surface area is 131 Å². The van der Waals surface area contributed by atoms with E-state index < -0.39 is 0 Å². The van der Waals surface area contributed by atoms with Gasteiger partial charge in [-0.2, -0.15) is 0 Å². The van der Waals surface area contributed by atoms with Crippen LogP contribution in [0.15, 0.2) is 24.3 Å². The van der Waals surface area contributed by atoms with Gasteiger partial charge in [-0.05, 0) is 43.7 Å². The Hall–Kier alpha value is -1.30. The third-order valence-corrected chi connectivity index (χ3v) is 3.34. The van der Waals surface area contributed by atoms with E-state index in [0.717, 1.165) is 18.7 Å². The molecule has 1 unspecified atom stereocenters. The summed E-state index contributed by atoms with van der Waals surface area (Å²) < 4.78 is 10.4. The first kappa shape index (κ1) is 17.8. The quantitative estimate of drug-likeness (QED) is 0.751. The van der Waals surface area contributed by atoms with Crippen molar-refractivity contribution in [2.45, 2.75) is 18.9 Å². The van der Waals surface area contributed by atoms with Gasteiger partial charge in [0.2, 0.25) is 0 Å². The maximum absolute atomic E-state index is 12.0. The van der Waals surface area contributed by atoms with E-state index in [4.69, 9.17) is 9.47 Å². The Morgan fingerprint density at radius 2 is 2.10 bits per heavy atom. The van der Waals surface area contributed by atoms with Crippen LogP contribution >= 0.6 is 12.4 Å². The summed E-state index contributed by atoms with van der Waals surface area (Å²) in [5.74, 6) is 0.707. The lowest BCUT2D eigenvalue weighted by atomic mass is 10.2. The molecule has 0 bridgehead atoms. The highest BCUT2D eigenvalue weighted by molar-refractivity contribution is 5.94. The van der Waals surface area contributed by atoms with Gasteiger partial charge >= 0.3 is 0 Å². The maximum atomic E-state index is 12.0. The molecular formula is C15H23ClN2O3. The van der Waals surface area contributed by atoms with Crippen LogP contribution < -0.4 is 15.4 Å². The summed E-state index contributed by atoms with van der Waals surface area (Å²) >= 11 is 0. The van der Waals surface area contributed by atoms with Crippen molar-refractivity contribution in [2.24, 2.45) is 0 Å². The molecule has 2 rings (SSSR count). The zero-order valence-electron chi connectivity index (χ0n) is 12.3. The van der Waals surface area contributed by atoms with Gasteiger partial charge in [0.25, 0.3) is 5.91 Å². The Bertz CT molecular complexity index is 419. The Balaban J connectivity index is 0.00000220. The third-order valence-electron chi connectivity index (χ3n) is 3.34. The van der Waals surface area contributed by atoms with Crippen LogP contribution in [-0.4, -0.2) is 45.4 Å². The molecular weight excluding hydrogens is 292 g/mol. The van der Waals surface area contributed by atoms with E-state index in [1.807, 2.05) is 0 Å². The summed E-state index contributed by atoms with van der Waals surface area (Å²) in [5.41, 5.74) is 0.655. The van der Waals surface area contributed by atoms with Crippen LogP contribution in [0.1, 0.15) is 23.2 Å². The fourth-order valence-electron chi connectivity index (χ4n) is 2.19. The molecule has 21 heavy (non-hydrogen) atoms. The van der Waals surface area contributed by atoms with Crippen molar-refractivity contribution in [1.29, 1.82) is 0 Å². The molecule has 1 aliphatic rings. The first-order valence-corrected chi connectivity index (χ1v) is 7.03. The monoisotopic (exact) mass is 314 g/mol. The third kappa shape index (κ3) is 5.91. The normalized spacial score (nSPS) is 17.1. The van der Waals surface area contributed by atoms with Gasteiger partial charge in [0, 0.05) is 25.3 Å². The number of rotatable bonds is 7. The lowest BCUT2D eigenvalue weighted by Crippen LogP contribution is -2.37. The Morgan fingerprint density at radius 1 is 1.33 bits per heavy atom. The summed E-state index contributed by atoms with van der Waals surface area (Å²) in [7, 11) is 1.63. The summed E-state index contributed by atoms with van der Waals surface area (Å²) in [6.07, 6.45) is 2.32. The van der Waals surface area contributed by atoms with E-state index in [1.165, 1.54) is 6.42 Å².